The first-order chi connectivity index (χ1) is 11.5. The number of halogens is 1. The van der Waals surface area contributed by atoms with Gasteiger partial charge in [0, 0.05) is 12.0 Å². The monoisotopic (exact) mass is 326 g/mol. The third-order valence-electron chi connectivity index (χ3n) is 3.54. The molecule has 124 valence electrons. The molecule has 2 amide bonds. The van der Waals surface area contributed by atoms with Crippen LogP contribution in [0.4, 0.5) is 4.39 Å². The Hall–Kier alpha value is -2.95. The lowest BCUT2D eigenvalue weighted by molar-refractivity contribution is -0.125. The highest BCUT2D eigenvalue weighted by Gasteiger charge is 2.19. The Morgan fingerprint density at radius 3 is 2.33 bits per heavy atom. The second-order valence-electron chi connectivity index (χ2n) is 5.50. The lowest BCUT2D eigenvalue weighted by Crippen LogP contribution is -2.46. The van der Waals surface area contributed by atoms with Crippen LogP contribution >= 0.6 is 0 Å². The van der Waals surface area contributed by atoms with Crippen LogP contribution < -0.4 is 11.1 Å². The Balaban J connectivity index is 2.06. The maximum Gasteiger partial charge on any atom is 0.247 e. The molecular formula is C19H19FN2O2. The summed E-state index contributed by atoms with van der Waals surface area (Å²) in [6.07, 6.45) is 1.95. The van der Waals surface area contributed by atoms with E-state index in [0.29, 0.717) is 17.6 Å². The highest BCUT2D eigenvalue weighted by Crippen LogP contribution is 2.09. The summed E-state index contributed by atoms with van der Waals surface area (Å²) in [6, 6.07) is 14.3. The van der Waals surface area contributed by atoms with Gasteiger partial charge in [0.1, 0.15) is 11.9 Å². The number of hydrogen-bond acceptors (Lipinski definition) is 2. The van der Waals surface area contributed by atoms with E-state index in [1.54, 1.807) is 25.1 Å². The maximum absolute atomic E-state index is 12.9. The van der Waals surface area contributed by atoms with Crippen LogP contribution in [-0.4, -0.2) is 17.9 Å². The molecule has 24 heavy (non-hydrogen) atoms. The SMILES string of the molecule is C/C(=C/c1ccc(F)cc1)C(=O)NC(Cc1ccccc1)C(N)=O. The number of nitrogens with one attached hydrogen (secondary N) is 1. The molecule has 0 aliphatic carbocycles. The van der Waals surface area contributed by atoms with Gasteiger partial charge in [-0.25, -0.2) is 4.39 Å². The number of hydrogen-bond donors (Lipinski definition) is 2. The Morgan fingerprint density at radius 1 is 1.12 bits per heavy atom. The Labute approximate surface area is 140 Å². The van der Waals surface area contributed by atoms with Gasteiger partial charge in [-0.3, -0.25) is 9.59 Å². The fourth-order valence-electron chi connectivity index (χ4n) is 2.22. The lowest BCUT2D eigenvalue weighted by Gasteiger charge is -2.16. The maximum atomic E-state index is 12.9. The second kappa shape index (κ2) is 8.06. The molecule has 0 aromatic heterocycles. The van der Waals surface area contributed by atoms with Gasteiger partial charge < -0.3 is 11.1 Å². The van der Waals surface area contributed by atoms with Gasteiger partial charge in [0.2, 0.25) is 11.8 Å². The smallest absolute Gasteiger partial charge is 0.247 e. The van der Waals surface area contributed by atoms with E-state index in [9.17, 15) is 14.0 Å². The normalized spacial score (nSPS) is 12.5. The molecule has 0 saturated carbocycles. The minimum atomic E-state index is -0.795. The van der Waals surface area contributed by atoms with Gasteiger partial charge >= 0.3 is 0 Å². The van der Waals surface area contributed by atoms with Crippen molar-refractivity contribution < 1.29 is 14.0 Å². The molecule has 0 aliphatic heterocycles. The molecule has 0 saturated heterocycles. The molecule has 4 nitrogen and oxygen atoms in total. The Kier molecular flexibility index (Phi) is 5.84. The van der Waals surface area contributed by atoms with Gasteiger partial charge in [-0.1, -0.05) is 42.5 Å². The van der Waals surface area contributed by atoms with Crippen LogP contribution in [-0.2, 0) is 16.0 Å². The van der Waals surface area contributed by atoms with E-state index in [1.165, 1.54) is 12.1 Å². The number of carbonyl (C=O) groups excluding carboxylic acids is 2. The molecule has 0 fully saturated rings. The van der Waals surface area contributed by atoms with Crippen molar-refractivity contribution in [3.8, 4) is 0 Å². The predicted molar refractivity (Wildman–Crippen MR) is 91.3 cm³/mol. The summed E-state index contributed by atoms with van der Waals surface area (Å²) in [5.41, 5.74) is 7.39. The molecule has 1 atom stereocenters. The quantitative estimate of drug-likeness (QED) is 0.800. The van der Waals surface area contributed by atoms with Gasteiger partial charge in [0.05, 0.1) is 0 Å². The zero-order valence-electron chi connectivity index (χ0n) is 13.3. The van der Waals surface area contributed by atoms with Crippen LogP contribution in [0.25, 0.3) is 6.08 Å². The van der Waals surface area contributed by atoms with Crippen molar-refractivity contribution >= 4 is 17.9 Å². The average Bonchev–Trinajstić information content (AvgIpc) is 2.57. The summed E-state index contributed by atoms with van der Waals surface area (Å²) in [6.45, 7) is 1.62. The molecular weight excluding hydrogens is 307 g/mol. The van der Waals surface area contributed by atoms with E-state index in [-0.39, 0.29) is 11.7 Å². The third kappa shape index (κ3) is 5.05. The number of carbonyl (C=O) groups is 2. The minimum absolute atomic E-state index is 0.325. The van der Waals surface area contributed by atoms with Crippen molar-refractivity contribution in [1.82, 2.24) is 5.32 Å². The highest BCUT2D eigenvalue weighted by atomic mass is 19.1. The van der Waals surface area contributed by atoms with E-state index in [0.717, 1.165) is 5.56 Å². The van der Waals surface area contributed by atoms with Crippen LogP contribution in [0.3, 0.4) is 0 Å². The number of amides is 2. The Bertz CT molecular complexity index is 740. The molecule has 0 aliphatic rings. The van der Waals surface area contributed by atoms with Crippen LogP contribution in [0, 0.1) is 5.82 Å². The standard InChI is InChI=1S/C19H19FN2O2/c1-13(11-15-7-9-16(20)10-8-15)19(24)22-17(18(21)23)12-14-5-3-2-4-6-14/h2-11,17H,12H2,1H3,(H2,21,23)(H,22,24)/b13-11-. The number of nitrogens with two attached hydrogens (primary N) is 1. The van der Waals surface area contributed by atoms with E-state index in [1.807, 2.05) is 30.3 Å². The summed E-state index contributed by atoms with van der Waals surface area (Å²) in [7, 11) is 0. The van der Waals surface area contributed by atoms with Crippen LogP contribution in [0.2, 0.25) is 0 Å². The molecule has 2 rings (SSSR count). The van der Waals surface area contributed by atoms with E-state index < -0.39 is 11.9 Å². The number of primary amides is 1. The van der Waals surface area contributed by atoms with Gasteiger partial charge in [0.15, 0.2) is 0 Å². The topological polar surface area (TPSA) is 72.2 Å². The molecule has 2 aromatic carbocycles. The van der Waals surface area contributed by atoms with Crippen LogP contribution in [0.5, 0.6) is 0 Å². The van der Waals surface area contributed by atoms with Crippen molar-refractivity contribution in [2.24, 2.45) is 5.73 Å². The zero-order chi connectivity index (χ0) is 17.5. The summed E-state index contributed by atoms with van der Waals surface area (Å²) in [4.78, 5) is 23.9. The van der Waals surface area contributed by atoms with Crippen LogP contribution in [0.1, 0.15) is 18.1 Å². The van der Waals surface area contributed by atoms with Crippen molar-refractivity contribution in [1.29, 1.82) is 0 Å². The highest BCUT2D eigenvalue weighted by molar-refractivity contribution is 5.99. The zero-order valence-corrected chi connectivity index (χ0v) is 13.3. The summed E-state index contributed by atoms with van der Waals surface area (Å²) >= 11 is 0. The second-order valence-corrected chi connectivity index (χ2v) is 5.50. The molecule has 3 N–H and O–H groups in total. The largest absolute Gasteiger partial charge is 0.368 e. The van der Waals surface area contributed by atoms with Gasteiger partial charge in [0.25, 0.3) is 0 Å². The minimum Gasteiger partial charge on any atom is -0.368 e. The first-order valence-electron chi connectivity index (χ1n) is 7.53. The summed E-state index contributed by atoms with van der Waals surface area (Å²) < 4.78 is 12.9. The van der Waals surface area contributed by atoms with Gasteiger partial charge in [-0.05, 0) is 36.3 Å². The molecule has 0 radical (unpaired) electrons. The van der Waals surface area contributed by atoms with Crippen molar-refractivity contribution in [2.75, 3.05) is 0 Å². The molecule has 2 aromatic rings. The first-order valence-corrected chi connectivity index (χ1v) is 7.53. The van der Waals surface area contributed by atoms with E-state index in [4.69, 9.17) is 5.73 Å². The Morgan fingerprint density at radius 2 is 1.75 bits per heavy atom. The molecule has 0 spiro atoms. The van der Waals surface area contributed by atoms with Gasteiger partial charge in [-0.15, -0.1) is 0 Å². The third-order valence-corrected chi connectivity index (χ3v) is 3.54. The number of benzene rings is 2. The first kappa shape index (κ1) is 17.4. The average molecular weight is 326 g/mol. The summed E-state index contributed by atoms with van der Waals surface area (Å²) in [5, 5.41) is 2.64. The molecule has 0 heterocycles. The van der Waals surface area contributed by atoms with Crippen molar-refractivity contribution in [3.63, 3.8) is 0 Å². The lowest BCUT2D eigenvalue weighted by atomic mass is 10.0. The molecule has 1 unspecified atom stereocenters. The van der Waals surface area contributed by atoms with Crippen molar-refractivity contribution in [2.45, 2.75) is 19.4 Å². The fraction of sp³-hybridized carbons (Fsp3) is 0.158. The molecule has 5 heteroatoms. The van der Waals surface area contributed by atoms with E-state index >= 15 is 0 Å². The number of rotatable bonds is 6. The summed E-state index contributed by atoms with van der Waals surface area (Å²) in [5.74, 6) is -1.33. The van der Waals surface area contributed by atoms with Gasteiger partial charge in [-0.2, -0.15) is 0 Å². The predicted octanol–water partition coefficient (Wildman–Crippen LogP) is 2.44. The van der Waals surface area contributed by atoms with E-state index in [2.05, 4.69) is 5.32 Å². The molecule has 0 bridgehead atoms. The van der Waals surface area contributed by atoms with Crippen molar-refractivity contribution in [3.05, 3.63) is 77.1 Å². The van der Waals surface area contributed by atoms with Crippen LogP contribution in [0.15, 0.2) is 60.2 Å². The fourth-order valence-corrected chi connectivity index (χ4v) is 2.22.